The van der Waals surface area contributed by atoms with Crippen molar-refractivity contribution in [1.82, 2.24) is 14.6 Å². The summed E-state index contributed by atoms with van der Waals surface area (Å²) in [4.78, 5) is 1.17. The number of hydrogen-bond donors (Lipinski definition) is 1. The molecule has 0 atom stereocenters. The van der Waals surface area contributed by atoms with Crippen molar-refractivity contribution >= 4 is 17.4 Å². The van der Waals surface area contributed by atoms with Crippen molar-refractivity contribution < 1.29 is 0 Å². The van der Waals surface area contributed by atoms with Crippen LogP contribution in [0.3, 0.4) is 0 Å². The Labute approximate surface area is 115 Å². The summed E-state index contributed by atoms with van der Waals surface area (Å²) in [7, 11) is 0. The molecular weight excluding hydrogens is 256 g/mol. The van der Waals surface area contributed by atoms with Crippen LogP contribution in [0.5, 0.6) is 0 Å². The molecular formula is C14H14N4S. The van der Waals surface area contributed by atoms with Crippen LogP contribution < -0.4 is 5.73 Å². The second-order valence-electron chi connectivity index (χ2n) is 4.28. The fourth-order valence-electron chi connectivity index (χ4n) is 2.00. The molecule has 96 valence electrons. The summed E-state index contributed by atoms with van der Waals surface area (Å²) in [6, 6.07) is 12.0. The third-order valence-electron chi connectivity index (χ3n) is 2.99. The van der Waals surface area contributed by atoms with Gasteiger partial charge in [0.15, 0.2) is 10.8 Å². The van der Waals surface area contributed by atoms with Gasteiger partial charge < -0.3 is 5.73 Å². The smallest absolute Gasteiger partial charge is 0.200 e. The molecule has 0 saturated heterocycles. The minimum atomic E-state index is 0.529. The van der Waals surface area contributed by atoms with Crippen molar-refractivity contribution in [1.29, 1.82) is 0 Å². The van der Waals surface area contributed by atoms with Crippen molar-refractivity contribution in [3.05, 3.63) is 53.7 Å². The van der Waals surface area contributed by atoms with Gasteiger partial charge >= 0.3 is 0 Å². The third-order valence-corrected chi connectivity index (χ3v) is 4.24. The first kappa shape index (κ1) is 12.2. The zero-order chi connectivity index (χ0) is 13.2. The van der Waals surface area contributed by atoms with E-state index in [1.54, 1.807) is 11.8 Å². The molecule has 0 aliphatic rings. The van der Waals surface area contributed by atoms with E-state index in [0.29, 0.717) is 6.54 Å². The van der Waals surface area contributed by atoms with Gasteiger partial charge in [0, 0.05) is 17.6 Å². The highest BCUT2D eigenvalue weighted by Crippen LogP contribution is 2.32. The van der Waals surface area contributed by atoms with Crippen molar-refractivity contribution in [2.75, 3.05) is 0 Å². The van der Waals surface area contributed by atoms with Crippen LogP contribution in [0, 0.1) is 6.92 Å². The number of fused-ring (bicyclic) bond motifs is 1. The second kappa shape index (κ2) is 5.03. The lowest BCUT2D eigenvalue weighted by molar-refractivity contribution is 0.916. The maximum atomic E-state index is 5.80. The topological polar surface area (TPSA) is 56.2 Å². The van der Waals surface area contributed by atoms with Crippen LogP contribution in [-0.2, 0) is 6.54 Å². The molecule has 2 heterocycles. The van der Waals surface area contributed by atoms with Crippen LogP contribution in [0.2, 0.25) is 0 Å². The molecule has 0 saturated carbocycles. The largest absolute Gasteiger partial charge is 0.326 e. The molecule has 0 fully saturated rings. The molecule has 0 spiro atoms. The van der Waals surface area contributed by atoms with Crippen LogP contribution in [0.15, 0.2) is 52.6 Å². The van der Waals surface area contributed by atoms with Crippen LogP contribution in [-0.4, -0.2) is 14.6 Å². The molecule has 0 unspecified atom stereocenters. The van der Waals surface area contributed by atoms with Crippen molar-refractivity contribution in [2.24, 2.45) is 5.73 Å². The molecule has 2 aromatic heterocycles. The molecule has 0 amide bonds. The zero-order valence-corrected chi connectivity index (χ0v) is 11.4. The molecule has 19 heavy (non-hydrogen) atoms. The molecule has 3 rings (SSSR count). The number of aryl methyl sites for hydroxylation is 1. The van der Waals surface area contributed by atoms with E-state index in [9.17, 15) is 0 Å². The molecule has 0 aliphatic carbocycles. The fourth-order valence-corrected chi connectivity index (χ4v) is 3.03. The van der Waals surface area contributed by atoms with E-state index >= 15 is 0 Å². The van der Waals surface area contributed by atoms with Crippen LogP contribution in [0.25, 0.3) is 5.65 Å². The van der Waals surface area contributed by atoms with E-state index in [4.69, 9.17) is 5.73 Å². The van der Waals surface area contributed by atoms with E-state index in [1.165, 1.54) is 10.5 Å². The van der Waals surface area contributed by atoms with E-state index in [2.05, 4.69) is 29.3 Å². The van der Waals surface area contributed by atoms with E-state index < -0.39 is 0 Å². The maximum absolute atomic E-state index is 5.80. The van der Waals surface area contributed by atoms with Gasteiger partial charge in [-0.3, -0.25) is 4.40 Å². The van der Waals surface area contributed by atoms with E-state index in [1.807, 2.05) is 34.9 Å². The number of nitrogens with zero attached hydrogens (tertiary/aromatic N) is 3. The molecule has 0 radical (unpaired) electrons. The number of pyridine rings is 1. The summed E-state index contributed by atoms with van der Waals surface area (Å²) in [6.45, 7) is 2.62. The second-order valence-corrected chi connectivity index (χ2v) is 5.26. The van der Waals surface area contributed by atoms with Crippen molar-refractivity contribution in [3.63, 3.8) is 0 Å². The number of rotatable bonds is 3. The van der Waals surface area contributed by atoms with Crippen molar-refractivity contribution in [3.8, 4) is 0 Å². The summed E-state index contributed by atoms with van der Waals surface area (Å²) in [6.07, 6.45) is 1.97. The van der Waals surface area contributed by atoms with Crippen molar-refractivity contribution in [2.45, 2.75) is 23.5 Å². The molecule has 0 bridgehead atoms. The van der Waals surface area contributed by atoms with E-state index in [0.717, 1.165) is 16.4 Å². The number of aromatic nitrogens is 3. The van der Waals surface area contributed by atoms with Gasteiger partial charge in [0.2, 0.25) is 0 Å². The molecule has 5 heteroatoms. The highest BCUT2D eigenvalue weighted by Gasteiger charge is 2.11. The first-order valence-electron chi connectivity index (χ1n) is 6.06. The normalized spacial score (nSPS) is 11.1. The van der Waals surface area contributed by atoms with E-state index in [-0.39, 0.29) is 0 Å². The van der Waals surface area contributed by atoms with Crippen LogP contribution >= 0.6 is 11.8 Å². The lowest BCUT2D eigenvalue weighted by atomic mass is 10.1. The first-order chi connectivity index (χ1) is 9.29. The molecule has 0 aliphatic heterocycles. The Bertz CT molecular complexity index is 720. The standard InChI is InChI=1S/C14H14N4S/c1-10-5-4-6-11(9-15)13(10)19-14-17-16-12-7-2-3-8-18(12)14/h2-8H,9,15H2,1H3. The average molecular weight is 270 g/mol. The quantitative estimate of drug-likeness (QED) is 0.795. The Morgan fingerprint density at radius 3 is 2.89 bits per heavy atom. The Balaban J connectivity index is 2.06. The number of nitrogens with two attached hydrogens (primary N) is 1. The SMILES string of the molecule is Cc1cccc(CN)c1Sc1nnc2ccccn12. The minimum Gasteiger partial charge on any atom is -0.326 e. The van der Waals surface area contributed by atoms with Gasteiger partial charge in [-0.15, -0.1) is 10.2 Å². The van der Waals surface area contributed by atoms with Gasteiger partial charge in [-0.1, -0.05) is 24.3 Å². The predicted molar refractivity (Wildman–Crippen MR) is 76.2 cm³/mol. The summed E-state index contributed by atoms with van der Waals surface area (Å²) >= 11 is 1.61. The number of hydrogen-bond acceptors (Lipinski definition) is 4. The summed E-state index contributed by atoms with van der Waals surface area (Å²) < 4.78 is 1.98. The summed E-state index contributed by atoms with van der Waals surface area (Å²) in [5.74, 6) is 0. The highest BCUT2D eigenvalue weighted by molar-refractivity contribution is 7.99. The number of benzene rings is 1. The summed E-state index contributed by atoms with van der Waals surface area (Å²) in [5, 5.41) is 9.26. The molecule has 4 nitrogen and oxygen atoms in total. The lowest BCUT2D eigenvalue weighted by Gasteiger charge is -2.09. The van der Waals surface area contributed by atoms with Gasteiger partial charge in [-0.25, -0.2) is 0 Å². The highest BCUT2D eigenvalue weighted by atomic mass is 32.2. The van der Waals surface area contributed by atoms with Gasteiger partial charge in [0.1, 0.15) is 0 Å². The Morgan fingerprint density at radius 1 is 1.16 bits per heavy atom. The van der Waals surface area contributed by atoms with Gasteiger partial charge in [-0.05, 0) is 41.9 Å². The first-order valence-corrected chi connectivity index (χ1v) is 6.87. The van der Waals surface area contributed by atoms with Gasteiger partial charge in [0.25, 0.3) is 0 Å². The Hall–Kier alpha value is -1.85. The van der Waals surface area contributed by atoms with Crippen LogP contribution in [0.4, 0.5) is 0 Å². The van der Waals surface area contributed by atoms with Gasteiger partial charge in [-0.2, -0.15) is 0 Å². The molecule has 1 aromatic carbocycles. The Kier molecular flexibility index (Phi) is 3.23. The molecule has 2 N–H and O–H groups in total. The minimum absolute atomic E-state index is 0.529. The maximum Gasteiger partial charge on any atom is 0.200 e. The van der Waals surface area contributed by atoms with Crippen LogP contribution in [0.1, 0.15) is 11.1 Å². The zero-order valence-electron chi connectivity index (χ0n) is 10.6. The summed E-state index contributed by atoms with van der Waals surface area (Å²) in [5.41, 5.74) is 9.01. The fraction of sp³-hybridized carbons (Fsp3) is 0.143. The predicted octanol–water partition coefficient (Wildman–Crippen LogP) is 2.65. The van der Waals surface area contributed by atoms with Gasteiger partial charge in [0.05, 0.1) is 0 Å². The lowest BCUT2D eigenvalue weighted by Crippen LogP contribution is -2.00. The third kappa shape index (κ3) is 2.22. The average Bonchev–Trinajstić information content (AvgIpc) is 2.84. The monoisotopic (exact) mass is 270 g/mol. The Morgan fingerprint density at radius 2 is 2.05 bits per heavy atom. The molecule has 3 aromatic rings.